The Hall–Kier alpha value is -5.26. The van der Waals surface area contributed by atoms with E-state index in [1.165, 1.54) is 0 Å². The average molecular weight is 566 g/mol. The Bertz CT molecular complexity index is 1980. The summed E-state index contributed by atoms with van der Waals surface area (Å²) in [6, 6.07) is 28.7. The molecule has 6 aromatic rings. The number of nitriles is 1. The number of fused-ring (bicyclic) bond motifs is 2. The summed E-state index contributed by atoms with van der Waals surface area (Å²) in [7, 11) is 0. The van der Waals surface area contributed by atoms with E-state index in [9.17, 15) is 5.26 Å². The molecule has 1 N–H and O–H groups in total. The van der Waals surface area contributed by atoms with Crippen LogP contribution in [0.2, 0.25) is 0 Å². The van der Waals surface area contributed by atoms with Gasteiger partial charge in [-0.3, -0.25) is 4.98 Å². The highest BCUT2D eigenvalue weighted by atomic mass is 16.5. The highest BCUT2D eigenvalue weighted by molar-refractivity contribution is 5.97. The molecule has 0 saturated carbocycles. The maximum absolute atomic E-state index is 9.91. The van der Waals surface area contributed by atoms with Crippen LogP contribution in [0.25, 0.3) is 38.8 Å². The number of morpholine rings is 1. The van der Waals surface area contributed by atoms with Crippen LogP contribution in [0.4, 0.5) is 17.1 Å². The number of hydrogen-bond acceptors (Lipinski definition) is 7. The zero-order valence-corrected chi connectivity index (χ0v) is 24.2. The number of ether oxygens (including phenoxy) is 1. The maximum Gasteiger partial charge on any atom is 0.163 e. The van der Waals surface area contributed by atoms with E-state index >= 15 is 0 Å². The van der Waals surface area contributed by atoms with Crippen molar-refractivity contribution < 1.29 is 4.74 Å². The minimum absolute atomic E-state index is 0.168. The van der Waals surface area contributed by atoms with Gasteiger partial charge in [0.25, 0.3) is 0 Å². The van der Waals surface area contributed by atoms with E-state index in [4.69, 9.17) is 19.8 Å². The Morgan fingerprint density at radius 1 is 0.907 bits per heavy atom. The van der Waals surface area contributed by atoms with Crippen molar-refractivity contribution in [1.82, 2.24) is 19.7 Å². The van der Waals surface area contributed by atoms with E-state index in [0.717, 1.165) is 82.1 Å². The summed E-state index contributed by atoms with van der Waals surface area (Å²) in [6.07, 6.45) is 3.75. The normalized spacial score (nSPS) is 13.5. The third-order valence-electron chi connectivity index (χ3n) is 7.93. The van der Waals surface area contributed by atoms with Crippen LogP contribution in [-0.4, -0.2) is 46.1 Å². The number of pyridine rings is 2. The molecule has 7 rings (SSSR count). The standard InChI is InChI=1S/C35H31N7O/c1-23(2)34-33-30(26-19-24-5-3-4-6-31(24)38-22-26)13-14-37-35(33)42(40-34)29-10-7-25(21-36)32(20-29)39-27-8-11-28(12-9-27)41-15-17-43-18-16-41/h3-14,19-20,22-23,39H,15-18H2,1-2H3. The van der Waals surface area contributed by atoms with Crippen molar-refractivity contribution in [3.05, 3.63) is 103 Å². The van der Waals surface area contributed by atoms with Gasteiger partial charge in [0.05, 0.1) is 46.7 Å². The number of benzene rings is 3. The van der Waals surface area contributed by atoms with Crippen molar-refractivity contribution in [2.75, 3.05) is 36.5 Å². The highest BCUT2D eigenvalue weighted by Crippen LogP contribution is 2.36. The lowest BCUT2D eigenvalue weighted by molar-refractivity contribution is 0.122. The van der Waals surface area contributed by atoms with Crippen molar-refractivity contribution >= 4 is 39.0 Å². The molecule has 0 radical (unpaired) electrons. The van der Waals surface area contributed by atoms with Gasteiger partial charge in [-0.15, -0.1) is 0 Å². The van der Waals surface area contributed by atoms with E-state index in [1.807, 2.05) is 71.7 Å². The molecule has 0 unspecified atom stereocenters. The van der Waals surface area contributed by atoms with Crippen LogP contribution < -0.4 is 10.2 Å². The largest absolute Gasteiger partial charge is 0.378 e. The summed E-state index contributed by atoms with van der Waals surface area (Å²) in [5.74, 6) is 0.168. The number of anilines is 3. The number of nitrogens with zero attached hydrogens (tertiary/aromatic N) is 6. The lowest BCUT2D eigenvalue weighted by Gasteiger charge is -2.29. The summed E-state index contributed by atoms with van der Waals surface area (Å²) >= 11 is 0. The van der Waals surface area contributed by atoms with Crippen LogP contribution >= 0.6 is 0 Å². The van der Waals surface area contributed by atoms with E-state index in [2.05, 4.69) is 54.4 Å². The molecule has 43 heavy (non-hydrogen) atoms. The fourth-order valence-corrected chi connectivity index (χ4v) is 5.71. The van der Waals surface area contributed by atoms with Gasteiger partial charge < -0.3 is 15.0 Å². The monoisotopic (exact) mass is 565 g/mol. The molecule has 1 aliphatic heterocycles. The molecule has 0 atom stereocenters. The molecule has 0 bridgehead atoms. The van der Waals surface area contributed by atoms with Crippen molar-refractivity contribution in [1.29, 1.82) is 5.26 Å². The predicted molar refractivity (Wildman–Crippen MR) is 171 cm³/mol. The maximum atomic E-state index is 9.91. The number of para-hydroxylation sites is 1. The molecule has 4 heterocycles. The van der Waals surface area contributed by atoms with Gasteiger partial charge in [0.15, 0.2) is 5.65 Å². The van der Waals surface area contributed by atoms with Gasteiger partial charge in [-0.1, -0.05) is 32.0 Å². The highest BCUT2D eigenvalue weighted by Gasteiger charge is 2.21. The van der Waals surface area contributed by atoms with E-state index in [0.29, 0.717) is 11.3 Å². The van der Waals surface area contributed by atoms with E-state index in [1.54, 1.807) is 0 Å². The predicted octanol–water partition coefficient (Wildman–Crippen LogP) is 7.21. The first-order valence-electron chi connectivity index (χ1n) is 14.6. The minimum atomic E-state index is 0.168. The lowest BCUT2D eigenvalue weighted by atomic mass is 9.98. The van der Waals surface area contributed by atoms with Crippen molar-refractivity contribution in [2.45, 2.75) is 19.8 Å². The Labute approximate surface area is 250 Å². The average Bonchev–Trinajstić information content (AvgIpc) is 3.46. The Morgan fingerprint density at radius 3 is 2.49 bits per heavy atom. The third-order valence-corrected chi connectivity index (χ3v) is 7.93. The van der Waals surface area contributed by atoms with Crippen LogP contribution in [0, 0.1) is 11.3 Å². The molecule has 3 aromatic heterocycles. The van der Waals surface area contributed by atoms with Crippen molar-refractivity contribution in [3.63, 3.8) is 0 Å². The summed E-state index contributed by atoms with van der Waals surface area (Å²) < 4.78 is 7.37. The van der Waals surface area contributed by atoms with Crippen molar-refractivity contribution in [3.8, 4) is 22.9 Å². The minimum Gasteiger partial charge on any atom is -0.378 e. The van der Waals surface area contributed by atoms with Gasteiger partial charge in [0.2, 0.25) is 0 Å². The van der Waals surface area contributed by atoms with Gasteiger partial charge in [0.1, 0.15) is 6.07 Å². The Morgan fingerprint density at radius 2 is 1.70 bits per heavy atom. The third kappa shape index (κ3) is 5.05. The number of nitrogens with one attached hydrogen (secondary N) is 1. The molecule has 3 aromatic carbocycles. The fraction of sp³-hybridized carbons (Fsp3) is 0.200. The summed E-state index contributed by atoms with van der Waals surface area (Å²) in [4.78, 5) is 11.8. The van der Waals surface area contributed by atoms with Crippen molar-refractivity contribution in [2.24, 2.45) is 0 Å². The SMILES string of the molecule is CC(C)c1nn(-c2ccc(C#N)c(Nc3ccc(N4CCOCC4)cc3)c2)c2nccc(-c3cnc4ccccc4c3)c12. The molecule has 1 saturated heterocycles. The number of aromatic nitrogens is 4. The molecule has 8 nitrogen and oxygen atoms in total. The number of hydrogen-bond donors (Lipinski definition) is 1. The smallest absolute Gasteiger partial charge is 0.163 e. The molecule has 0 aliphatic carbocycles. The molecule has 8 heteroatoms. The van der Waals surface area contributed by atoms with E-state index in [-0.39, 0.29) is 5.92 Å². The second kappa shape index (κ2) is 11.2. The van der Waals surface area contributed by atoms with Gasteiger partial charge >= 0.3 is 0 Å². The van der Waals surface area contributed by atoms with Crippen LogP contribution in [0.5, 0.6) is 0 Å². The summed E-state index contributed by atoms with van der Waals surface area (Å²) in [5, 5.41) is 20.5. The Balaban J connectivity index is 1.28. The zero-order chi connectivity index (χ0) is 29.3. The van der Waals surface area contributed by atoms with Gasteiger partial charge in [-0.05, 0) is 72.1 Å². The second-order valence-corrected chi connectivity index (χ2v) is 11.0. The summed E-state index contributed by atoms with van der Waals surface area (Å²) in [5.41, 5.74) is 8.92. The molecule has 1 aliphatic rings. The molecule has 0 amide bonds. The van der Waals surface area contributed by atoms with Crippen LogP contribution in [-0.2, 0) is 4.74 Å². The second-order valence-electron chi connectivity index (χ2n) is 11.0. The zero-order valence-electron chi connectivity index (χ0n) is 24.2. The van der Waals surface area contributed by atoms with Gasteiger partial charge in [-0.2, -0.15) is 10.4 Å². The molecular weight excluding hydrogens is 534 g/mol. The quantitative estimate of drug-likeness (QED) is 0.228. The molecule has 1 fully saturated rings. The topological polar surface area (TPSA) is 91.9 Å². The first-order valence-corrected chi connectivity index (χ1v) is 14.6. The Kier molecular flexibility index (Phi) is 6.93. The van der Waals surface area contributed by atoms with Crippen LogP contribution in [0.3, 0.4) is 0 Å². The molecule has 212 valence electrons. The van der Waals surface area contributed by atoms with Crippen LogP contribution in [0.15, 0.2) is 91.3 Å². The molecule has 0 spiro atoms. The first-order chi connectivity index (χ1) is 21.1. The lowest BCUT2D eigenvalue weighted by Crippen LogP contribution is -2.36. The fourth-order valence-electron chi connectivity index (χ4n) is 5.71. The molecular formula is C35H31N7O. The van der Waals surface area contributed by atoms with Crippen LogP contribution in [0.1, 0.15) is 31.0 Å². The number of rotatable bonds is 6. The summed E-state index contributed by atoms with van der Waals surface area (Å²) in [6.45, 7) is 7.55. The van der Waals surface area contributed by atoms with E-state index < -0.39 is 0 Å². The first kappa shape index (κ1) is 26.6. The van der Waals surface area contributed by atoms with Gasteiger partial charge in [-0.25, -0.2) is 9.67 Å². The van der Waals surface area contributed by atoms with Gasteiger partial charge in [0, 0.05) is 47.8 Å².